The van der Waals surface area contributed by atoms with Crippen molar-refractivity contribution < 1.29 is 9.59 Å². The van der Waals surface area contributed by atoms with Gasteiger partial charge < -0.3 is 9.80 Å². The smallest absolute Gasteiger partial charge is 0.245 e. The van der Waals surface area contributed by atoms with Gasteiger partial charge in [0.25, 0.3) is 0 Å². The van der Waals surface area contributed by atoms with E-state index in [0.717, 1.165) is 25.8 Å². The maximum Gasteiger partial charge on any atom is 0.245 e. The van der Waals surface area contributed by atoms with Gasteiger partial charge in [-0.1, -0.05) is 30.9 Å². The summed E-state index contributed by atoms with van der Waals surface area (Å²) in [6.07, 6.45) is 5.97. The average molecular weight is 352 g/mol. The number of likely N-dealkylation sites (tertiary alicyclic amines) is 1. The third-order valence-corrected chi connectivity index (χ3v) is 5.80. The lowest BCUT2D eigenvalue weighted by Crippen LogP contribution is -2.45. The molecule has 26 heavy (non-hydrogen) atoms. The van der Waals surface area contributed by atoms with Crippen molar-refractivity contribution in [2.24, 2.45) is 5.92 Å². The first-order valence-corrected chi connectivity index (χ1v) is 9.47. The second-order valence-corrected chi connectivity index (χ2v) is 7.31. The van der Waals surface area contributed by atoms with Gasteiger partial charge in [-0.15, -0.1) is 0 Å². The molecule has 4 nitrogen and oxygen atoms in total. The highest BCUT2D eigenvalue weighted by Crippen LogP contribution is 2.28. The normalized spacial score (nSPS) is 18.5. The first kappa shape index (κ1) is 18.4. The van der Waals surface area contributed by atoms with Gasteiger partial charge in [-0.05, 0) is 61.4 Å². The quantitative estimate of drug-likeness (QED) is 0.783. The van der Waals surface area contributed by atoms with E-state index in [2.05, 4.69) is 44.7 Å². The van der Waals surface area contributed by atoms with E-state index in [1.165, 1.54) is 28.3 Å². The van der Waals surface area contributed by atoms with Crippen LogP contribution in [0.4, 0.5) is 0 Å². The molecule has 0 N–H and O–H groups in total. The number of piperidine rings is 1. The Morgan fingerprint density at radius 3 is 2.46 bits per heavy atom. The van der Waals surface area contributed by atoms with Crippen LogP contribution >= 0.6 is 0 Å². The Bertz CT molecular complexity index is 743. The number of aryl methyl sites for hydroxylation is 1. The summed E-state index contributed by atoms with van der Waals surface area (Å²) in [5, 5.41) is 0. The number of carbonyl (C=O) groups excluding carboxylic acids is 2. The monoisotopic (exact) mass is 352 g/mol. The van der Waals surface area contributed by atoms with Crippen LogP contribution < -0.4 is 0 Å². The number of hydrogen-bond acceptors (Lipinski definition) is 2. The van der Waals surface area contributed by atoms with Gasteiger partial charge in [0.1, 0.15) is 0 Å². The molecule has 3 rings (SSSR count). The highest BCUT2D eigenvalue weighted by molar-refractivity contribution is 5.87. The van der Waals surface area contributed by atoms with E-state index in [1.54, 1.807) is 4.90 Å². The summed E-state index contributed by atoms with van der Waals surface area (Å²) in [6, 6.07) is 6.42. The van der Waals surface area contributed by atoms with Crippen LogP contribution in [0, 0.1) is 19.8 Å². The minimum absolute atomic E-state index is 0.0324. The predicted octanol–water partition coefficient (Wildman–Crippen LogP) is 3.34. The van der Waals surface area contributed by atoms with Crippen molar-refractivity contribution in [2.45, 2.75) is 33.1 Å². The van der Waals surface area contributed by atoms with Gasteiger partial charge in [-0.3, -0.25) is 9.59 Å². The summed E-state index contributed by atoms with van der Waals surface area (Å²) in [5.74, 6) is 0.251. The van der Waals surface area contributed by atoms with Crippen molar-refractivity contribution in [1.29, 1.82) is 0 Å². The fourth-order valence-corrected chi connectivity index (χ4v) is 3.95. The minimum Gasteiger partial charge on any atom is -0.339 e. The van der Waals surface area contributed by atoms with Crippen molar-refractivity contribution in [3.63, 3.8) is 0 Å². The van der Waals surface area contributed by atoms with Crippen LogP contribution in [-0.2, 0) is 9.59 Å². The SMILES string of the molecule is C=CC(=O)N1CCC(C(=O)N2CC=C(c3cccc(C)c3C)CC2)CC1. The Morgan fingerprint density at radius 1 is 1.12 bits per heavy atom. The lowest BCUT2D eigenvalue weighted by Gasteiger charge is -2.35. The molecule has 2 amide bonds. The number of carbonyl (C=O) groups is 2. The molecule has 1 saturated heterocycles. The zero-order valence-corrected chi connectivity index (χ0v) is 15.8. The average Bonchev–Trinajstić information content (AvgIpc) is 2.69. The van der Waals surface area contributed by atoms with Crippen LogP contribution in [0.3, 0.4) is 0 Å². The summed E-state index contributed by atoms with van der Waals surface area (Å²) in [6.45, 7) is 10.6. The molecule has 0 aromatic heterocycles. The molecule has 0 saturated carbocycles. The van der Waals surface area contributed by atoms with Crippen molar-refractivity contribution in [3.8, 4) is 0 Å². The molecule has 0 bridgehead atoms. The maximum absolute atomic E-state index is 12.8. The van der Waals surface area contributed by atoms with Crippen LogP contribution in [0.2, 0.25) is 0 Å². The van der Waals surface area contributed by atoms with E-state index in [1.807, 2.05) is 4.90 Å². The molecule has 2 aliphatic heterocycles. The Morgan fingerprint density at radius 2 is 1.85 bits per heavy atom. The number of amides is 2. The van der Waals surface area contributed by atoms with Crippen LogP contribution in [0.15, 0.2) is 36.9 Å². The first-order chi connectivity index (χ1) is 12.5. The second-order valence-electron chi connectivity index (χ2n) is 7.31. The summed E-state index contributed by atoms with van der Waals surface area (Å²) in [5.41, 5.74) is 5.30. The molecule has 0 radical (unpaired) electrons. The highest BCUT2D eigenvalue weighted by Gasteiger charge is 2.30. The van der Waals surface area contributed by atoms with Crippen LogP contribution in [0.25, 0.3) is 5.57 Å². The lowest BCUT2D eigenvalue weighted by atomic mass is 9.91. The molecule has 4 heteroatoms. The van der Waals surface area contributed by atoms with Gasteiger partial charge in [0.2, 0.25) is 11.8 Å². The van der Waals surface area contributed by atoms with Gasteiger partial charge >= 0.3 is 0 Å². The Kier molecular flexibility index (Phi) is 5.60. The number of benzene rings is 1. The molecule has 1 aromatic carbocycles. The van der Waals surface area contributed by atoms with E-state index in [0.29, 0.717) is 19.6 Å². The zero-order valence-electron chi connectivity index (χ0n) is 15.8. The van der Waals surface area contributed by atoms with Crippen LogP contribution in [0.1, 0.15) is 36.0 Å². The number of nitrogens with zero attached hydrogens (tertiary/aromatic N) is 2. The van der Waals surface area contributed by atoms with E-state index < -0.39 is 0 Å². The maximum atomic E-state index is 12.8. The second kappa shape index (κ2) is 7.90. The summed E-state index contributed by atoms with van der Waals surface area (Å²) in [4.78, 5) is 28.3. The van der Waals surface area contributed by atoms with Crippen LogP contribution in [-0.4, -0.2) is 47.8 Å². The van der Waals surface area contributed by atoms with Gasteiger partial charge in [-0.25, -0.2) is 0 Å². The topological polar surface area (TPSA) is 40.6 Å². The Balaban J connectivity index is 1.60. The fourth-order valence-electron chi connectivity index (χ4n) is 3.95. The summed E-state index contributed by atoms with van der Waals surface area (Å²) < 4.78 is 0. The first-order valence-electron chi connectivity index (χ1n) is 9.47. The van der Waals surface area contributed by atoms with Crippen molar-refractivity contribution in [1.82, 2.24) is 9.80 Å². The standard InChI is InChI=1S/C22H28N2O2/c1-4-21(25)23-12-10-19(11-13-23)22(26)24-14-8-18(9-15-24)20-7-5-6-16(2)17(20)3/h4-8,19H,1,9-15H2,2-3H3. The van der Waals surface area contributed by atoms with E-state index >= 15 is 0 Å². The molecule has 0 aliphatic carbocycles. The lowest BCUT2D eigenvalue weighted by molar-refractivity contribution is -0.139. The van der Waals surface area contributed by atoms with E-state index in [4.69, 9.17) is 0 Å². The molecule has 1 fully saturated rings. The molecular weight excluding hydrogens is 324 g/mol. The van der Waals surface area contributed by atoms with Crippen LogP contribution in [0.5, 0.6) is 0 Å². The predicted molar refractivity (Wildman–Crippen MR) is 105 cm³/mol. The molecule has 0 spiro atoms. The van der Waals surface area contributed by atoms with E-state index in [-0.39, 0.29) is 17.7 Å². The largest absolute Gasteiger partial charge is 0.339 e. The molecular formula is C22H28N2O2. The zero-order chi connectivity index (χ0) is 18.7. The molecule has 138 valence electrons. The van der Waals surface area contributed by atoms with Crippen molar-refractivity contribution in [3.05, 3.63) is 53.6 Å². The van der Waals surface area contributed by atoms with Gasteiger partial charge in [0.15, 0.2) is 0 Å². The van der Waals surface area contributed by atoms with Crippen molar-refractivity contribution >= 4 is 17.4 Å². The molecule has 1 aromatic rings. The Labute approximate surface area is 156 Å². The summed E-state index contributed by atoms with van der Waals surface area (Å²) >= 11 is 0. The molecule has 0 atom stereocenters. The molecule has 2 heterocycles. The molecule has 2 aliphatic rings. The van der Waals surface area contributed by atoms with Gasteiger partial charge in [-0.2, -0.15) is 0 Å². The number of rotatable bonds is 3. The number of hydrogen-bond donors (Lipinski definition) is 0. The minimum atomic E-state index is -0.0324. The van der Waals surface area contributed by atoms with Crippen molar-refractivity contribution in [2.75, 3.05) is 26.2 Å². The van der Waals surface area contributed by atoms with E-state index in [9.17, 15) is 9.59 Å². The van der Waals surface area contributed by atoms with Gasteiger partial charge in [0.05, 0.1) is 0 Å². The van der Waals surface area contributed by atoms with Gasteiger partial charge in [0, 0.05) is 32.1 Å². The molecule has 0 unspecified atom stereocenters. The Hall–Kier alpha value is -2.36. The third-order valence-electron chi connectivity index (χ3n) is 5.80. The summed E-state index contributed by atoms with van der Waals surface area (Å²) in [7, 11) is 0. The third kappa shape index (κ3) is 3.74. The highest BCUT2D eigenvalue weighted by atomic mass is 16.2. The fraction of sp³-hybridized carbons (Fsp3) is 0.455.